The minimum absolute atomic E-state index is 0.0262. The molecule has 0 aromatic heterocycles. The molecule has 1 fully saturated rings. The first kappa shape index (κ1) is 58.4. The lowest BCUT2D eigenvalue weighted by Gasteiger charge is -2.60. The molecule has 1 aliphatic heterocycles. The standard InChI is InChI=1S/C62H82N4O11/c1-6-8-9-10-11-12-13-14-15-20-36-63-59(69)74-49-34-35-55-53(41-49)57-51(29-19-22-38-68)45(25-18-21-37-67)40-52-54(64-77-61(3,4)5)42-56(62(76-55,58(52)57)73-39-7-2)65(43-46-27-23-26-44-24-16-17-28-50(44)46)60(70)75-48-32-30-47(31-33-48)66(71)72/h7,16-17,23-24,26-28,30-35,40-41,45,51,56-58,67-68H,2,6,8-15,18-22,25,29,36-39,42-43H2,1,3-5H3,(H,63,69). The third-order valence-corrected chi connectivity index (χ3v) is 15.2. The van der Waals surface area contributed by atoms with E-state index in [0.717, 1.165) is 59.6 Å². The van der Waals surface area contributed by atoms with E-state index in [0.29, 0.717) is 49.4 Å². The summed E-state index contributed by atoms with van der Waals surface area (Å²) in [6.07, 6.45) is 18.7. The Balaban J connectivity index is 1.34. The molecule has 3 N–H and O–H groups in total. The quantitative estimate of drug-likeness (QED) is 0.0203. The second kappa shape index (κ2) is 28.4. The topological polar surface area (TPSA) is 192 Å². The van der Waals surface area contributed by atoms with Crippen molar-refractivity contribution in [1.29, 1.82) is 0 Å². The molecule has 7 rings (SSSR count). The predicted molar refractivity (Wildman–Crippen MR) is 300 cm³/mol. The number of nitro benzene ring substituents is 1. The normalized spacial score (nSPS) is 21.0. The molecule has 1 saturated carbocycles. The highest BCUT2D eigenvalue weighted by atomic mass is 16.7. The van der Waals surface area contributed by atoms with E-state index in [1.165, 1.54) is 69.2 Å². The molecule has 1 heterocycles. The number of hydrogen-bond acceptors (Lipinski definition) is 12. The molecule has 15 nitrogen and oxygen atoms in total. The number of nitrogens with zero attached hydrogens (tertiary/aromatic N) is 3. The van der Waals surface area contributed by atoms with Gasteiger partial charge in [-0.15, -0.1) is 6.58 Å². The van der Waals surface area contributed by atoms with Gasteiger partial charge in [-0.25, -0.2) is 9.59 Å². The van der Waals surface area contributed by atoms with E-state index < -0.39 is 46.4 Å². The lowest BCUT2D eigenvalue weighted by atomic mass is 9.55. The van der Waals surface area contributed by atoms with Crippen molar-refractivity contribution in [2.24, 2.45) is 22.9 Å². The summed E-state index contributed by atoms with van der Waals surface area (Å²) in [7, 11) is 0. The van der Waals surface area contributed by atoms with Gasteiger partial charge in [-0.05, 0) is 117 Å². The van der Waals surface area contributed by atoms with E-state index in [9.17, 15) is 25.1 Å². The average Bonchev–Trinajstić information content (AvgIpc) is 3.59. The Kier molecular flexibility index (Phi) is 21.5. The van der Waals surface area contributed by atoms with Crippen LogP contribution in [0.1, 0.15) is 154 Å². The maximum Gasteiger partial charge on any atom is 0.416 e. The van der Waals surface area contributed by atoms with E-state index in [-0.39, 0.29) is 56.1 Å². The molecular weight excluding hydrogens is 977 g/mol. The van der Waals surface area contributed by atoms with E-state index in [2.05, 4.69) is 24.9 Å². The summed E-state index contributed by atoms with van der Waals surface area (Å²) in [5, 5.41) is 41.7. The Morgan fingerprint density at radius 2 is 1.53 bits per heavy atom. The molecule has 4 aromatic rings. The Bertz CT molecular complexity index is 2640. The summed E-state index contributed by atoms with van der Waals surface area (Å²) in [6.45, 7) is 12.7. The van der Waals surface area contributed by atoms with Crippen molar-refractivity contribution in [1.82, 2.24) is 10.2 Å². The molecule has 0 radical (unpaired) electrons. The molecule has 15 heteroatoms. The maximum absolute atomic E-state index is 15.4. The Hall–Kier alpha value is -6.29. The van der Waals surface area contributed by atoms with Gasteiger partial charge in [0.2, 0.25) is 5.79 Å². The number of non-ortho nitro benzene ring substituents is 1. The van der Waals surface area contributed by atoms with Crippen molar-refractivity contribution in [2.45, 2.75) is 167 Å². The highest BCUT2D eigenvalue weighted by Crippen LogP contribution is 2.62. The predicted octanol–water partition coefficient (Wildman–Crippen LogP) is 13.9. The van der Waals surface area contributed by atoms with Crippen LogP contribution in [0.3, 0.4) is 0 Å². The summed E-state index contributed by atoms with van der Waals surface area (Å²) >= 11 is 0. The van der Waals surface area contributed by atoms with Crippen LogP contribution in [0.15, 0.2) is 114 Å². The number of carbonyl (C=O) groups excluding carboxylic acids is 2. The van der Waals surface area contributed by atoms with Gasteiger partial charge in [-0.1, -0.05) is 137 Å². The number of benzene rings is 4. The number of aliphatic hydroxyl groups is 2. The molecule has 77 heavy (non-hydrogen) atoms. The van der Waals surface area contributed by atoms with Crippen LogP contribution in [-0.2, 0) is 16.1 Å². The summed E-state index contributed by atoms with van der Waals surface area (Å²) in [5.41, 5.74) is 2.20. The number of nitrogens with one attached hydrogen (secondary N) is 1. The largest absolute Gasteiger partial charge is 0.459 e. The third kappa shape index (κ3) is 15.3. The monoisotopic (exact) mass is 1060 g/mol. The number of rotatable bonds is 29. The Morgan fingerprint density at radius 3 is 2.22 bits per heavy atom. The van der Waals surface area contributed by atoms with Crippen LogP contribution in [0.2, 0.25) is 0 Å². The van der Waals surface area contributed by atoms with Crippen LogP contribution < -0.4 is 19.5 Å². The van der Waals surface area contributed by atoms with Gasteiger partial charge in [0.15, 0.2) is 0 Å². The first-order valence-corrected chi connectivity index (χ1v) is 28.2. The SMILES string of the molecule is C=CCOC12Oc3ccc(OC(=O)NCCCCCCCCCCCC)cc3C3C(CCCCO)C(CCCCO)C=C(C(=NOC(C)(C)C)CC1N(Cc1cccc4ccccc14)C(=O)Oc1ccc([N+](=O)[O-])cc1)C32. The number of fused-ring (bicyclic) bond motifs is 3. The zero-order valence-corrected chi connectivity index (χ0v) is 45.8. The van der Waals surface area contributed by atoms with Crippen molar-refractivity contribution in [3.8, 4) is 17.2 Å². The highest BCUT2D eigenvalue weighted by Gasteiger charge is 2.66. The maximum atomic E-state index is 15.4. The second-order valence-electron chi connectivity index (χ2n) is 21.9. The lowest BCUT2D eigenvalue weighted by molar-refractivity contribution is -0.384. The van der Waals surface area contributed by atoms with Gasteiger partial charge >= 0.3 is 12.2 Å². The summed E-state index contributed by atoms with van der Waals surface area (Å²) in [6, 6.07) is 23.7. The fourth-order valence-corrected chi connectivity index (χ4v) is 11.6. The zero-order chi connectivity index (χ0) is 54.8. The second-order valence-corrected chi connectivity index (χ2v) is 21.9. The zero-order valence-electron chi connectivity index (χ0n) is 45.8. The summed E-state index contributed by atoms with van der Waals surface area (Å²) < 4.78 is 27.0. The van der Waals surface area contributed by atoms with Crippen molar-refractivity contribution in [3.63, 3.8) is 0 Å². The smallest absolute Gasteiger partial charge is 0.416 e. The number of amides is 2. The molecule has 0 spiro atoms. The van der Waals surface area contributed by atoms with Gasteiger partial charge in [0, 0.05) is 49.8 Å². The van der Waals surface area contributed by atoms with Crippen molar-refractivity contribution >= 4 is 34.4 Å². The van der Waals surface area contributed by atoms with Gasteiger partial charge in [0.25, 0.3) is 5.69 Å². The van der Waals surface area contributed by atoms with E-state index >= 15 is 4.79 Å². The molecule has 4 aromatic carbocycles. The number of allylic oxidation sites excluding steroid dienone is 1. The number of nitro groups is 1. The lowest BCUT2D eigenvalue weighted by Crippen LogP contribution is -2.70. The summed E-state index contributed by atoms with van der Waals surface area (Å²) in [4.78, 5) is 48.1. The van der Waals surface area contributed by atoms with E-state index in [4.69, 9.17) is 28.9 Å². The third-order valence-electron chi connectivity index (χ3n) is 15.2. The molecule has 2 amide bonds. The number of aliphatic hydroxyl groups excluding tert-OH is 2. The first-order chi connectivity index (χ1) is 37.3. The minimum atomic E-state index is -1.64. The van der Waals surface area contributed by atoms with Crippen LogP contribution in [0.25, 0.3) is 10.8 Å². The Labute approximate surface area is 455 Å². The number of carbonyl (C=O) groups is 2. The Morgan fingerprint density at radius 1 is 0.857 bits per heavy atom. The van der Waals surface area contributed by atoms with Gasteiger partial charge in [-0.3, -0.25) is 15.0 Å². The highest BCUT2D eigenvalue weighted by molar-refractivity contribution is 6.03. The molecule has 2 aliphatic carbocycles. The van der Waals surface area contributed by atoms with E-state index in [1.807, 2.05) is 75.4 Å². The van der Waals surface area contributed by atoms with E-state index in [1.54, 1.807) is 17.0 Å². The number of unbranched alkanes of at least 4 members (excludes halogenated alkanes) is 11. The van der Waals surface area contributed by atoms with Gasteiger partial charge in [0.05, 0.1) is 29.7 Å². The first-order valence-electron chi connectivity index (χ1n) is 28.2. The number of oxime groups is 1. The molecule has 0 bridgehead atoms. The van der Waals surface area contributed by atoms with Crippen LogP contribution in [-0.4, -0.2) is 81.7 Å². The average molecular weight is 1060 g/mol. The fourth-order valence-electron chi connectivity index (χ4n) is 11.6. The van der Waals surface area contributed by atoms with Crippen molar-refractivity contribution in [2.75, 3.05) is 26.4 Å². The molecule has 6 unspecified atom stereocenters. The molecule has 3 aliphatic rings. The summed E-state index contributed by atoms with van der Waals surface area (Å²) in [5.74, 6) is -1.89. The van der Waals surface area contributed by atoms with Crippen molar-refractivity contribution in [3.05, 3.63) is 130 Å². The van der Waals surface area contributed by atoms with Crippen LogP contribution in [0.5, 0.6) is 17.2 Å². The number of ether oxygens (including phenoxy) is 4. The van der Waals surface area contributed by atoms with Gasteiger partial charge < -0.3 is 39.3 Å². The minimum Gasteiger partial charge on any atom is -0.459 e. The molecule has 416 valence electrons. The van der Waals surface area contributed by atoms with Gasteiger partial charge in [-0.2, -0.15) is 0 Å². The number of hydrogen-bond donors (Lipinski definition) is 3. The molecule has 0 saturated heterocycles. The molecule has 6 atom stereocenters. The van der Waals surface area contributed by atoms with Crippen LogP contribution in [0, 0.1) is 27.9 Å². The van der Waals surface area contributed by atoms with Crippen LogP contribution in [0.4, 0.5) is 15.3 Å². The fraction of sp³-hybridized carbons (Fsp3) is 0.532. The molecular formula is C62H82N4O11. The van der Waals surface area contributed by atoms with Crippen molar-refractivity contribution < 1.29 is 48.5 Å². The van der Waals surface area contributed by atoms with Gasteiger partial charge in [0.1, 0.15) is 28.9 Å². The van der Waals surface area contributed by atoms with Crippen LogP contribution >= 0.6 is 0 Å².